The molecule has 2 aliphatic heterocycles. The third-order valence-electron chi connectivity index (χ3n) is 7.84. The van der Waals surface area contributed by atoms with Gasteiger partial charge in [-0.1, -0.05) is 59.6 Å². The number of anilines is 2. The lowest BCUT2D eigenvalue weighted by Gasteiger charge is -2.26. The van der Waals surface area contributed by atoms with Crippen molar-refractivity contribution in [2.24, 2.45) is 9.98 Å². The SMILES string of the molecule is O=C1CN=C(c2ccccc2Cl)c2cc([N+](=O)[O-])ccc2N1CCCN1C(=O)CN=C(c2ccccc2Cl)c2cc([N+](=O)[O-])ccc21. The molecule has 0 unspecified atom stereocenters. The predicted molar refractivity (Wildman–Crippen MR) is 179 cm³/mol. The molecule has 0 aromatic heterocycles. The lowest BCUT2D eigenvalue weighted by Crippen LogP contribution is -2.38. The average Bonchev–Trinajstić information content (AvgIpc) is 3.28. The van der Waals surface area contributed by atoms with Crippen molar-refractivity contribution in [3.8, 4) is 0 Å². The lowest BCUT2D eigenvalue weighted by atomic mass is 9.99. The van der Waals surface area contributed by atoms with E-state index < -0.39 is 9.85 Å². The fourth-order valence-electron chi connectivity index (χ4n) is 5.67. The number of halogens is 2. The van der Waals surface area contributed by atoms with Gasteiger partial charge in [0.1, 0.15) is 13.1 Å². The van der Waals surface area contributed by atoms with E-state index in [2.05, 4.69) is 9.98 Å². The zero-order valence-electron chi connectivity index (χ0n) is 24.5. The van der Waals surface area contributed by atoms with Gasteiger partial charge >= 0.3 is 0 Å². The van der Waals surface area contributed by atoms with Crippen LogP contribution in [0.25, 0.3) is 0 Å². The molecule has 47 heavy (non-hydrogen) atoms. The largest absolute Gasteiger partial charge is 0.310 e. The minimum Gasteiger partial charge on any atom is -0.310 e. The standard InChI is InChI=1S/C33H24Cl2N6O6/c34-26-8-3-1-6-22(26)32-24-16-20(40(44)45)10-12-28(24)38(30(42)18-36-32)14-5-15-39-29-13-11-21(41(46)47)17-25(29)33(37-19-31(39)43)23-7-2-4-9-27(23)35/h1-4,6-13,16-17H,5,14-15,18-19H2. The molecule has 0 radical (unpaired) electrons. The molecule has 14 heteroatoms. The van der Waals surface area contributed by atoms with Crippen LogP contribution in [0.2, 0.25) is 10.0 Å². The molecule has 0 fully saturated rings. The summed E-state index contributed by atoms with van der Waals surface area (Å²) in [5.74, 6) is -0.686. The van der Waals surface area contributed by atoms with Gasteiger partial charge in [-0.15, -0.1) is 0 Å². The Morgan fingerprint density at radius 3 is 1.40 bits per heavy atom. The van der Waals surface area contributed by atoms with Crippen molar-refractivity contribution >= 4 is 69.2 Å². The second kappa shape index (κ2) is 13.1. The number of aliphatic imine (C=N–C) groups is 2. The first kappa shape index (κ1) is 31.5. The molecule has 0 atom stereocenters. The molecule has 236 valence electrons. The summed E-state index contributed by atoms with van der Waals surface area (Å²) in [5, 5.41) is 24.1. The number of fused-ring (bicyclic) bond motifs is 2. The van der Waals surface area contributed by atoms with Crippen LogP contribution >= 0.6 is 23.2 Å². The Morgan fingerprint density at radius 2 is 1.02 bits per heavy atom. The maximum absolute atomic E-state index is 13.5. The molecule has 2 heterocycles. The Kier molecular flexibility index (Phi) is 8.79. The molecule has 2 amide bonds. The van der Waals surface area contributed by atoms with E-state index >= 15 is 0 Å². The highest BCUT2D eigenvalue weighted by atomic mass is 35.5. The third kappa shape index (κ3) is 6.20. The van der Waals surface area contributed by atoms with E-state index in [4.69, 9.17) is 23.2 Å². The minimum atomic E-state index is -0.521. The van der Waals surface area contributed by atoms with Crippen LogP contribution < -0.4 is 9.80 Å². The van der Waals surface area contributed by atoms with E-state index in [0.717, 1.165) is 0 Å². The summed E-state index contributed by atoms with van der Waals surface area (Å²) < 4.78 is 0. The minimum absolute atomic E-state index is 0.138. The predicted octanol–water partition coefficient (Wildman–Crippen LogP) is 6.27. The van der Waals surface area contributed by atoms with Crippen LogP contribution in [-0.2, 0) is 9.59 Å². The molecule has 0 N–H and O–H groups in total. The summed E-state index contributed by atoms with van der Waals surface area (Å²) in [6.07, 6.45) is 0.285. The van der Waals surface area contributed by atoms with Crippen LogP contribution in [0.5, 0.6) is 0 Å². The molecule has 0 bridgehead atoms. The summed E-state index contributed by atoms with van der Waals surface area (Å²) in [7, 11) is 0. The van der Waals surface area contributed by atoms with E-state index in [0.29, 0.717) is 55.1 Å². The number of carbonyl (C=O) groups excluding carboxylic acids is 2. The molecular weight excluding hydrogens is 647 g/mol. The van der Waals surface area contributed by atoms with Crippen LogP contribution in [0.4, 0.5) is 22.7 Å². The van der Waals surface area contributed by atoms with Crippen LogP contribution in [0.3, 0.4) is 0 Å². The van der Waals surface area contributed by atoms with Crippen LogP contribution in [0, 0.1) is 20.2 Å². The molecule has 4 aromatic rings. The first-order valence-corrected chi connectivity index (χ1v) is 15.2. The van der Waals surface area contributed by atoms with E-state index in [1.165, 1.54) is 46.2 Å². The Bertz CT molecular complexity index is 1890. The van der Waals surface area contributed by atoms with Crippen LogP contribution in [-0.4, -0.2) is 59.3 Å². The fraction of sp³-hybridized carbons (Fsp3) is 0.152. The number of nitro groups is 2. The fourth-order valence-corrected chi connectivity index (χ4v) is 6.12. The lowest BCUT2D eigenvalue weighted by molar-refractivity contribution is -0.385. The number of rotatable bonds is 8. The zero-order valence-corrected chi connectivity index (χ0v) is 26.0. The van der Waals surface area contributed by atoms with Gasteiger partial charge in [0.2, 0.25) is 11.8 Å². The second-order valence-electron chi connectivity index (χ2n) is 10.7. The first-order valence-electron chi connectivity index (χ1n) is 14.4. The van der Waals surface area contributed by atoms with Crippen molar-refractivity contribution in [1.29, 1.82) is 0 Å². The number of hydrogen-bond acceptors (Lipinski definition) is 8. The van der Waals surface area contributed by atoms with Gasteiger partial charge in [0, 0.05) is 69.7 Å². The van der Waals surface area contributed by atoms with E-state index in [1.54, 1.807) is 48.5 Å². The van der Waals surface area contributed by atoms with Gasteiger partial charge < -0.3 is 9.80 Å². The molecule has 4 aromatic carbocycles. The summed E-state index contributed by atoms with van der Waals surface area (Å²) in [6, 6.07) is 22.2. The summed E-state index contributed by atoms with van der Waals surface area (Å²) >= 11 is 12.9. The first-order chi connectivity index (χ1) is 22.6. The summed E-state index contributed by atoms with van der Waals surface area (Å²) in [6.45, 7) is -0.182. The number of non-ortho nitro benzene ring substituents is 2. The molecule has 12 nitrogen and oxygen atoms in total. The average molecular weight is 671 g/mol. The number of nitrogens with zero attached hydrogens (tertiary/aromatic N) is 6. The quantitative estimate of drug-likeness (QED) is 0.159. The third-order valence-corrected chi connectivity index (χ3v) is 8.50. The molecular formula is C33H24Cl2N6O6. The Hall–Kier alpha value is -5.46. The number of benzodiazepines with no additional fused rings is 2. The van der Waals surface area contributed by atoms with Crippen molar-refractivity contribution in [3.05, 3.63) is 137 Å². The second-order valence-corrected chi connectivity index (χ2v) is 11.5. The summed E-state index contributed by atoms with van der Waals surface area (Å²) in [4.78, 5) is 61.3. The Labute approximate surface area is 277 Å². The van der Waals surface area contributed by atoms with Crippen LogP contribution in [0.1, 0.15) is 28.7 Å². The number of amides is 2. The highest BCUT2D eigenvalue weighted by Gasteiger charge is 2.30. The molecule has 2 aliphatic rings. The van der Waals surface area contributed by atoms with Crippen molar-refractivity contribution in [3.63, 3.8) is 0 Å². The maximum atomic E-state index is 13.5. The molecule has 0 saturated carbocycles. The van der Waals surface area contributed by atoms with Gasteiger partial charge in [-0.3, -0.25) is 39.8 Å². The molecule has 6 rings (SSSR count). The van der Waals surface area contributed by atoms with Gasteiger partial charge in [-0.2, -0.15) is 0 Å². The normalized spacial score (nSPS) is 14.4. The van der Waals surface area contributed by atoms with Crippen molar-refractivity contribution in [1.82, 2.24) is 0 Å². The van der Waals surface area contributed by atoms with Gasteiger partial charge in [-0.25, -0.2) is 0 Å². The van der Waals surface area contributed by atoms with Crippen LogP contribution in [0.15, 0.2) is 94.9 Å². The van der Waals surface area contributed by atoms with E-state index in [-0.39, 0.29) is 55.8 Å². The van der Waals surface area contributed by atoms with E-state index in [9.17, 15) is 29.8 Å². The van der Waals surface area contributed by atoms with Gasteiger partial charge in [-0.05, 0) is 30.7 Å². The number of benzene rings is 4. The monoisotopic (exact) mass is 670 g/mol. The smallest absolute Gasteiger partial charge is 0.270 e. The Balaban J connectivity index is 1.33. The topological polar surface area (TPSA) is 152 Å². The molecule has 0 spiro atoms. The zero-order chi connectivity index (χ0) is 33.2. The Morgan fingerprint density at radius 1 is 0.617 bits per heavy atom. The molecule has 0 aliphatic carbocycles. The van der Waals surface area contributed by atoms with Crippen molar-refractivity contribution in [2.45, 2.75) is 6.42 Å². The van der Waals surface area contributed by atoms with Gasteiger partial charge in [0.15, 0.2) is 0 Å². The number of hydrogen-bond donors (Lipinski definition) is 0. The number of nitro benzene ring substituents is 2. The highest BCUT2D eigenvalue weighted by molar-refractivity contribution is 6.37. The van der Waals surface area contributed by atoms with Gasteiger partial charge in [0.05, 0.1) is 32.6 Å². The van der Waals surface area contributed by atoms with Crippen molar-refractivity contribution < 1.29 is 19.4 Å². The maximum Gasteiger partial charge on any atom is 0.270 e. The molecule has 0 saturated heterocycles. The number of carbonyl (C=O) groups is 2. The highest BCUT2D eigenvalue weighted by Crippen LogP contribution is 2.34. The van der Waals surface area contributed by atoms with E-state index in [1.807, 2.05) is 0 Å². The summed E-state index contributed by atoms with van der Waals surface area (Å²) in [5.41, 5.74) is 3.00. The van der Waals surface area contributed by atoms with Crippen molar-refractivity contribution in [2.75, 3.05) is 36.0 Å². The van der Waals surface area contributed by atoms with Gasteiger partial charge in [0.25, 0.3) is 11.4 Å².